The van der Waals surface area contributed by atoms with Gasteiger partial charge in [-0.2, -0.15) is 0 Å². The molecule has 0 bridgehead atoms. The van der Waals surface area contributed by atoms with E-state index in [4.69, 9.17) is 9.47 Å². The highest BCUT2D eigenvalue weighted by Gasteiger charge is 2.17. The first-order valence-electron chi connectivity index (χ1n) is 9.64. The van der Waals surface area contributed by atoms with Gasteiger partial charge in [0.05, 0.1) is 13.2 Å². The zero-order valence-electron chi connectivity index (χ0n) is 16.2. The lowest BCUT2D eigenvalue weighted by Gasteiger charge is -2.19. The van der Waals surface area contributed by atoms with Gasteiger partial charge in [-0.1, -0.05) is 32.0 Å². The van der Waals surface area contributed by atoms with Crippen LogP contribution in [0.25, 0.3) is 0 Å². The summed E-state index contributed by atoms with van der Waals surface area (Å²) >= 11 is 0. The van der Waals surface area contributed by atoms with E-state index in [2.05, 4.69) is 30.5 Å². The largest absolute Gasteiger partial charge is 0.490 e. The number of ether oxygens (including phenoxy) is 2. The van der Waals surface area contributed by atoms with Crippen LogP contribution in [0.4, 0.5) is 11.4 Å². The van der Waals surface area contributed by atoms with Crippen molar-refractivity contribution in [1.29, 1.82) is 0 Å². The van der Waals surface area contributed by atoms with Crippen LogP contribution in [0.1, 0.15) is 45.1 Å². The molecule has 2 atom stereocenters. The van der Waals surface area contributed by atoms with Crippen LogP contribution >= 0.6 is 0 Å². The highest BCUT2D eigenvalue weighted by atomic mass is 16.5. The summed E-state index contributed by atoms with van der Waals surface area (Å²) in [6.45, 7) is 7.47. The van der Waals surface area contributed by atoms with Gasteiger partial charge in [0.25, 0.3) is 0 Å². The molecule has 2 aromatic carbocycles. The number of nitrogens with one attached hydrogen (secondary N) is 2. The Morgan fingerprint density at radius 3 is 2.59 bits per heavy atom. The normalized spacial score (nSPS) is 15.4. The van der Waals surface area contributed by atoms with Crippen LogP contribution in [0.15, 0.2) is 42.5 Å². The predicted octanol–water partition coefficient (Wildman–Crippen LogP) is 4.80. The Morgan fingerprint density at radius 1 is 1.07 bits per heavy atom. The molecule has 0 aromatic heterocycles. The molecule has 5 nitrogen and oxygen atoms in total. The molecule has 144 valence electrons. The summed E-state index contributed by atoms with van der Waals surface area (Å²) in [6, 6.07) is 13.3. The molecule has 1 amide bonds. The number of anilines is 2. The molecule has 1 heterocycles. The molecule has 3 rings (SSSR count). The van der Waals surface area contributed by atoms with Crippen molar-refractivity contribution in [2.24, 2.45) is 0 Å². The molecular formula is C22H28N2O3. The van der Waals surface area contributed by atoms with E-state index >= 15 is 0 Å². The number of para-hydroxylation sites is 1. The monoisotopic (exact) mass is 368 g/mol. The smallest absolute Gasteiger partial charge is 0.246 e. The minimum atomic E-state index is -0.389. The van der Waals surface area contributed by atoms with E-state index < -0.39 is 0 Å². The van der Waals surface area contributed by atoms with Crippen LogP contribution in [0.3, 0.4) is 0 Å². The van der Waals surface area contributed by atoms with Crippen molar-refractivity contribution in [2.45, 2.75) is 45.6 Å². The highest BCUT2D eigenvalue weighted by Crippen LogP contribution is 2.32. The molecule has 2 aromatic rings. The second-order valence-electron chi connectivity index (χ2n) is 6.96. The third-order valence-corrected chi connectivity index (χ3v) is 4.89. The third kappa shape index (κ3) is 4.73. The summed E-state index contributed by atoms with van der Waals surface area (Å²) < 4.78 is 11.4. The first kappa shape index (κ1) is 19.1. The lowest BCUT2D eigenvalue weighted by atomic mass is 9.97. The quantitative estimate of drug-likeness (QED) is 0.769. The number of benzene rings is 2. The van der Waals surface area contributed by atoms with Crippen molar-refractivity contribution in [1.82, 2.24) is 0 Å². The van der Waals surface area contributed by atoms with Gasteiger partial charge in [-0.3, -0.25) is 4.79 Å². The fraction of sp³-hybridized carbons (Fsp3) is 0.409. The molecule has 2 N–H and O–H groups in total. The number of hydrogen-bond donors (Lipinski definition) is 2. The van der Waals surface area contributed by atoms with Crippen LogP contribution in [-0.2, 0) is 4.79 Å². The summed E-state index contributed by atoms with van der Waals surface area (Å²) in [7, 11) is 0. The molecular weight excluding hydrogens is 340 g/mol. The van der Waals surface area contributed by atoms with E-state index in [0.29, 0.717) is 24.9 Å². The molecule has 1 aliphatic rings. The topological polar surface area (TPSA) is 59.6 Å². The fourth-order valence-electron chi connectivity index (χ4n) is 3.07. The molecule has 0 saturated carbocycles. The minimum absolute atomic E-state index is 0.0714. The van der Waals surface area contributed by atoms with Gasteiger partial charge in [-0.25, -0.2) is 0 Å². The first-order valence-corrected chi connectivity index (χ1v) is 9.64. The fourth-order valence-corrected chi connectivity index (χ4v) is 3.07. The van der Waals surface area contributed by atoms with E-state index in [0.717, 1.165) is 35.5 Å². The molecule has 2 unspecified atom stereocenters. The molecule has 0 radical (unpaired) electrons. The van der Waals surface area contributed by atoms with Crippen molar-refractivity contribution in [3.8, 4) is 11.5 Å². The maximum Gasteiger partial charge on any atom is 0.246 e. The lowest BCUT2D eigenvalue weighted by Crippen LogP contribution is -2.32. The van der Waals surface area contributed by atoms with E-state index in [-0.39, 0.29) is 11.9 Å². The number of carbonyl (C=O) groups excluding carboxylic acids is 1. The number of carbonyl (C=O) groups is 1. The summed E-state index contributed by atoms with van der Waals surface area (Å²) in [6.07, 6.45) is 1.89. The summed E-state index contributed by atoms with van der Waals surface area (Å²) in [5.41, 5.74) is 2.87. The minimum Gasteiger partial charge on any atom is -0.490 e. The number of amides is 1. The van der Waals surface area contributed by atoms with Crippen molar-refractivity contribution >= 4 is 17.3 Å². The van der Waals surface area contributed by atoms with E-state index in [1.54, 1.807) is 0 Å². The van der Waals surface area contributed by atoms with Crippen LogP contribution < -0.4 is 20.1 Å². The Kier molecular flexibility index (Phi) is 6.22. The third-order valence-electron chi connectivity index (χ3n) is 4.89. The van der Waals surface area contributed by atoms with Gasteiger partial charge in [0.15, 0.2) is 11.5 Å². The summed E-state index contributed by atoms with van der Waals surface area (Å²) in [5.74, 6) is 1.79. The van der Waals surface area contributed by atoms with Crippen molar-refractivity contribution in [3.63, 3.8) is 0 Å². The van der Waals surface area contributed by atoms with Gasteiger partial charge in [-0.05, 0) is 43.0 Å². The second-order valence-corrected chi connectivity index (χ2v) is 6.96. The van der Waals surface area contributed by atoms with Gasteiger partial charge in [0, 0.05) is 23.9 Å². The van der Waals surface area contributed by atoms with Crippen LogP contribution in [-0.4, -0.2) is 25.2 Å². The van der Waals surface area contributed by atoms with Crippen molar-refractivity contribution in [3.05, 3.63) is 48.0 Å². The van der Waals surface area contributed by atoms with E-state index in [1.807, 2.05) is 43.3 Å². The molecule has 1 aliphatic heterocycles. The van der Waals surface area contributed by atoms with Gasteiger partial charge < -0.3 is 20.1 Å². The average molecular weight is 368 g/mol. The predicted molar refractivity (Wildman–Crippen MR) is 109 cm³/mol. The van der Waals surface area contributed by atoms with Gasteiger partial charge in [0.2, 0.25) is 5.91 Å². The zero-order chi connectivity index (χ0) is 19.2. The van der Waals surface area contributed by atoms with Crippen molar-refractivity contribution < 1.29 is 14.3 Å². The molecule has 0 saturated heterocycles. The second kappa shape index (κ2) is 8.80. The lowest BCUT2D eigenvalue weighted by molar-refractivity contribution is -0.116. The maximum absolute atomic E-state index is 12.7. The van der Waals surface area contributed by atoms with Gasteiger partial charge in [-0.15, -0.1) is 0 Å². The Morgan fingerprint density at radius 2 is 1.81 bits per heavy atom. The standard InChI is InChI=1S/C22H28N2O3/c1-4-15(2)18-8-5-6-9-19(18)24-22(25)16(3)23-17-10-11-20-21(14-17)27-13-7-12-26-20/h5-6,8-11,14-16,23H,4,7,12-13H2,1-3H3,(H,24,25). The van der Waals surface area contributed by atoms with E-state index in [1.165, 1.54) is 0 Å². The van der Waals surface area contributed by atoms with Crippen LogP contribution in [0, 0.1) is 0 Å². The van der Waals surface area contributed by atoms with Gasteiger partial charge >= 0.3 is 0 Å². The average Bonchev–Trinajstić information content (AvgIpc) is 2.92. The molecule has 0 fully saturated rings. The van der Waals surface area contributed by atoms with E-state index in [9.17, 15) is 4.79 Å². The first-order chi connectivity index (χ1) is 13.1. The van der Waals surface area contributed by atoms with Crippen LogP contribution in [0.5, 0.6) is 11.5 Å². The Hall–Kier alpha value is -2.69. The highest BCUT2D eigenvalue weighted by molar-refractivity contribution is 5.97. The Bertz CT molecular complexity index is 791. The number of rotatable bonds is 6. The van der Waals surface area contributed by atoms with Gasteiger partial charge in [0.1, 0.15) is 6.04 Å². The van der Waals surface area contributed by atoms with Crippen LogP contribution in [0.2, 0.25) is 0 Å². The number of hydrogen-bond acceptors (Lipinski definition) is 4. The Balaban J connectivity index is 1.67. The van der Waals surface area contributed by atoms with Crippen molar-refractivity contribution in [2.75, 3.05) is 23.8 Å². The molecule has 27 heavy (non-hydrogen) atoms. The maximum atomic E-state index is 12.7. The SMILES string of the molecule is CCC(C)c1ccccc1NC(=O)C(C)Nc1ccc2c(c1)OCCCO2. The molecule has 0 aliphatic carbocycles. The molecule has 5 heteroatoms. The zero-order valence-corrected chi connectivity index (χ0v) is 16.2. The Labute approximate surface area is 161 Å². The summed E-state index contributed by atoms with van der Waals surface area (Å²) in [5, 5.41) is 6.31. The molecule has 0 spiro atoms. The number of fused-ring (bicyclic) bond motifs is 1. The summed E-state index contributed by atoms with van der Waals surface area (Å²) in [4.78, 5) is 12.7.